The topological polar surface area (TPSA) is 79.3 Å². The van der Waals surface area contributed by atoms with Gasteiger partial charge in [-0.05, 0) is 55.3 Å². The van der Waals surface area contributed by atoms with Crippen LogP contribution in [0, 0.1) is 5.92 Å². The molecule has 3 aromatic rings. The zero-order valence-electron chi connectivity index (χ0n) is 17.5. The van der Waals surface area contributed by atoms with Crippen LogP contribution in [0.15, 0.2) is 66.9 Å². The molecular formula is C23H22F3N5O2. The summed E-state index contributed by atoms with van der Waals surface area (Å²) in [6.07, 6.45) is -2.38. The molecule has 172 valence electrons. The molecule has 0 bridgehead atoms. The van der Waals surface area contributed by atoms with E-state index < -0.39 is 11.9 Å². The van der Waals surface area contributed by atoms with Crippen LogP contribution in [0.3, 0.4) is 0 Å². The molecule has 3 amide bonds. The number of para-hydroxylation sites is 1. The zero-order chi connectivity index (χ0) is 23.4. The van der Waals surface area contributed by atoms with Gasteiger partial charge in [0.1, 0.15) is 5.69 Å². The van der Waals surface area contributed by atoms with Crippen LogP contribution >= 0.6 is 0 Å². The minimum atomic E-state index is -4.52. The van der Waals surface area contributed by atoms with E-state index in [-0.39, 0.29) is 23.5 Å². The molecule has 2 aromatic carbocycles. The van der Waals surface area contributed by atoms with Crippen molar-refractivity contribution >= 4 is 23.3 Å². The summed E-state index contributed by atoms with van der Waals surface area (Å²) in [5, 5.41) is 9.37. The Morgan fingerprint density at radius 1 is 0.879 bits per heavy atom. The third-order valence-electron chi connectivity index (χ3n) is 5.49. The fourth-order valence-corrected chi connectivity index (χ4v) is 3.72. The van der Waals surface area contributed by atoms with Gasteiger partial charge in [-0.3, -0.25) is 4.79 Å². The van der Waals surface area contributed by atoms with Gasteiger partial charge in [0.2, 0.25) is 5.91 Å². The summed E-state index contributed by atoms with van der Waals surface area (Å²) in [5.41, 5.74) is 0.558. The van der Waals surface area contributed by atoms with E-state index in [1.165, 1.54) is 24.3 Å². The summed E-state index contributed by atoms with van der Waals surface area (Å²) in [5.74, 6) is -0.436. The molecule has 1 aliphatic rings. The van der Waals surface area contributed by atoms with Crippen LogP contribution in [0.1, 0.15) is 18.5 Å². The van der Waals surface area contributed by atoms with Gasteiger partial charge in [-0.25, -0.2) is 9.48 Å². The second-order valence-electron chi connectivity index (χ2n) is 7.72. The maximum Gasteiger partial charge on any atom is 0.433 e. The number of anilines is 2. The minimum absolute atomic E-state index is 0.180. The molecular weight excluding hydrogens is 435 g/mol. The lowest BCUT2D eigenvalue weighted by Gasteiger charge is -2.31. The van der Waals surface area contributed by atoms with Crippen LogP contribution in [-0.4, -0.2) is 39.7 Å². The largest absolute Gasteiger partial charge is 0.433 e. The van der Waals surface area contributed by atoms with E-state index in [1.807, 2.05) is 18.2 Å². The number of hydrogen-bond acceptors (Lipinski definition) is 3. The first kappa shape index (κ1) is 22.4. The van der Waals surface area contributed by atoms with Gasteiger partial charge >= 0.3 is 12.2 Å². The molecule has 0 spiro atoms. The molecule has 1 aromatic heterocycles. The van der Waals surface area contributed by atoms with E-state index in [0.717, 1.165) is 16.9 Å². The van der Waals surface area contributed by atoms with Crippen molar-refractivity contribution in [3.05, 3.63) is 72.6 Å². The van der Waals surface area contributed by atoms with Gasteiger partial charge in [0.05, 0.1) is 11.9 Å². The molecule has 10 heteroatoms. The van der Waals surface area contributed by atoms with Crippen molar-refractivity contribution in [1.82, 2.24) is 14.7 Å². The van der Waals surface area contributed by atoms with Crippen LogP contribution in [0.2, 0.25) is 0 Å². The smallest absolute Gasteiger partial charge is 0.326 e. The number of benzene rings is 2. The Bertz CT molecular complexity index is 1110. The van der Waals surface area contributed by atoms with Crippen LogP contribution in [-0.2, 0) is 11.0 Å². The molecule has 0 atom stereocenters. The molecule has 7 nitrogen and oxygen atoms in total. The summed E-state index contributed by atoms with van der Waals surface area (Å²) in [6.45, 7) is 0.907. The maximum atomic E-state index is 13.1. The molecule has 2 heterocycles. The quantitative estimate of drug-likeness (QED) is 0.592. The van der Waals surface area contributed by atoms with Crippen molar-refractivity contribution in [2.45, 2.75) is 19.0 Å². The number of likely N-dealkylation sites (tertiary alicyclic amines) is 1. The van der Waals surface area contributed by atoms with Crippen LogP contribution < -0.4 is 10.6 Å². The second kappa shape index (κ2) is 9.35. The summed E-state index contributed by atoms with van der Waals surface area (Å²) in [7, 11) is 0. The number of carbonyl (C=O) groups excluding carboxylic acids is 2. The van der Waals surface area contributed by atoms with Crippen molar-refractivity contribution in [3.63, 3.8) is 0 Å². The summed E-state index contributed by atoms with van der Waals surface area (Å²) in [6, 6.07) is 15.9. The van der Waals surface area contributed by atoms with Crippen molar-refractivity contribution in [2.24, 2.45) is 5.92 Å². The maximum absolute atomic E-state index is 13.1. The van der Waals surface area contributed by atoms with Gasteiger partial charge in [0.15, 0.2) is 0 Å². The monoisotopic (exact) mass is 457 g/mol. The normalized spacial score (nSPS) is 14.7. The lowest BCUT2D eigenvalue weighted by molar-refractivity contribution is -0.142. The number of rotatable bonds is 4. The molecule has 33 heavy (non-hydrogen) atoms. The molecule has 1 fully saturated rings. The highest BCUT2D eigenvalue weighted by atomic mass is 19.4. The van der Waals surface area contributed by atoms with Crippen LogP contribution in [0.5, 0.6) is 0 Å². The molecule has 0 unspecified atom stereocenters. The van der Waals surface area contributed by atoms with Crippen molar-refractivity contribution in [2.75, 3.05) is 23.7 Å². The highest BCUT2D eigenvalue weighted by molar-refractivity contribution is 5.93. The summed E-state index contributed by atoms with van der Waals surface area (Å²) < 4.78 is 40.0. The number of urea groups is 1. The lowest BCUT2D eigenvalue weighted by atomic mass is 9.96. The van der Waals surface area contributed by atoms with E-state index in [9.17, 15) is 22.8 Å². The fraction of sp³-hybridized carbons (Fsp3) is 0.261. The van der Waals surface area contributed by atoms with Crippen molar-refractivity contribution < 1.29 is 22.8 Å². The SMILES string of the molecule is O=C(Nc1ccc(-n2nccc2C(F)(F)F)cc1)C1CCN(C(=O)Nc2ccccc2)CC1. The highest BCUT2D eigenvalue weighted by Crippen LogP contribution is 2.30. The van der Waals surface area contributed by atoms with E-state index in [2.05, 4.69) is 15.7 Å². The Morgan fingerprint density at radius 2 is 1.52 bits per heavy atom. The Balaban J connectivity index is 1.30. The van der Waals surface area contributed by atoms with Gasteiger partial charge < -0.3 is 15.5 Å². The number of halogens is 3. The molecule has 4 rings (SSSR count). The standard InChI is InChI=1S/C23H22F3N5O2/c24-23(25,26)20-10-13-27-31(20)19-8-6-18(7-9-19)28-21(32)16-11-14-30(15-12-16)22(33)29-17-4-2-1-3-5-17/h1-10,13,16H,11-12,14-15H2,(H,28,32)(H,29,33). The molecule has 0 radical (unpaired) electrons. The number of nitrogens with zero attached hydrogens (tertiary/aromatic N) is 3. The predicted octanol–water partition coefficient (Wildman–Crippen LogP) is 4.77. The van der Waals surface area contributed by atoms with E-state index >= 15 is 0 Å². The number of alkyl halides is 3. The highest BCUT2D eigenvalue weighted by Gasteiger charge is 2.35. The van der Waals surface area contributed by atoms with Crippen LogP contribution in [0.25, 0.3) is 5.69 Å². The first-order valence-corrected chi connectivity index (χ1v) is 10.4. The number of aromatic nitrogens is 2. The van der Waals surface area contributed by atoms with E-state index in [4.69, 9.17) is 0 Å². The van der Waals surface area contributed by atoms with E-state index in [1.54, 1.807) is 17.0 Å². The lowest BCUT2D eigenvalue weighted by Crippen LogP contribution is -2.43. The average Bonchev–Trinajstić information content (AvgIpc) is 3.31. The number of nitrogens with one attached hydrogen (secondary N) is 2. The third-order valence-corrected chi connectivity index (χ3v) is 5.49. The number of hydrogen-bond donors (Lipinski definition) is 2. The molecule has 1 saturated heterocycles. The summed E-state index contributed by atoms with van der Waals surface area (Å²) in [4.78, 5) is 26.7. The van der Waals surface area contributed by atoms with Gasteiger partial charge in [0.25, 0.3) is 0 Å². The number of amides is 3. The van der Waals surface area contributed by atoms with Gasteiger partial charge in [0, 0.05) is 30.4 Å². The summed E-state index contributed by atoms with van der Waals surface area (Å²) >= 11 is 0. The van der Waals surface area contributed by atoms with Gasteiger partial charge in [-0.2, -0.15) is 18.3 Å². The Morgan fingerprint density at radius 3 is 2.15 bits per heavy atom. The second-order valence-corrected chi connectivity index (χ2v) is 7.72. The van der Waals surface area contributed by atoms with E-state index in [0.29, 0.717) is 37.3 Å². The third kappa shape index (κ3) is 5.33. The predicted molar refractivity (Wildman–Crippen MR) is 117 cm³/mol. The molecule has 2 N–H and O–H groups in total. The average molecular weight is 457 g/mol. The Labute approximate surface area is 188 Å². The van der Waals surface area contributed by atoms with Crippen molar-refractivity contribution in [3.8, 4) is 5.69 Å². The molecule has 0 saturated carbocycles. The zero-order valence-corrected chi connectivity index (χ0v) is 17.5. The van der Waals surface area contributed by atoms with Crippen LogP contribution in [0.4, 0.5) is 29.3 Å². The first-order chi connectivity index (χ1) is 15.8. The Hall–Kier alpha value is -3.82. The number of piperidine rings is 1. The minimum Gasteiger partial charge on any atom is -0.326 e. The van der Waals surface area contributed by atoms with Gasteiger partial charge in [-0.15, -0.1) is 0 Å². The number of carbonyl (C=O) groups is 2. The van der Waals surface area contributed by atoms with Gasteiger partial charge in [-0.1, -0.05) is 18.2 Å². The van der Waals surface area contributed by atoms with Crippen molar-refractivity contribution in [1.29, 1.82) is 0 Å². The Kier molecular flexibility index (Phi) is 6.34. The molecule has 1 aliphatic heterocycles. The fourth-order valence-electron chi connectivity index (χ4n) is 3.72. The first-order valence-electron chi connectivity index (χ1n) is 10.4. The molecule has 0 aliphatic carbocycles.